The van der Waals surface area contributed by atoms with Gasteiger partial charge < -0.3 is 15.8 Å². The number of ether oxygens (including phenoxy) is 1. The molecule has 3 nitrogen and oxygen atoms in total. The van der Waals surface area contributed by atoms with Crippen molar-refractivity contribution in [3.63, 3.8) is 0 Å². The molecule has 1 aliphatic carbocycles. The van der Waals surface area contributed by atoms with Crippen LogP contribution in [-0.4, -0.2) is 30.8 Å². The molecular weight excluding hydrogens is 188 g/mol. The number of nitrogens with two attached hydrogens (primary N) is 1. The van der Waals surface area contributed by atoms with Crippen molar-refractivity contribution in [1.82, 2.24) is 5.32 Å². The van der Waals surface area contributed by atoms with Crippen LogP contribution < -0.4 is 11.1 Å². The van der Waals surface area contributed by atoms with Gasteiger partial charge in [-0.25, -0.2) is 0 Å². The quantitative estimate of drug-likeness (QED) is 0.721. The van der Waals surface area contributed by atoms with Gasteiger partial charge in [0.2, 0.25) is 0 Å². The molecule has 1 heterocycles. The Labute approximate surface area is 92.7 Å². The van der Waals surface area contributed by atoms with Crippen LogP contribution in [0.1, 0.15) is 39.5 Å². The molecule has 0 spiro atoms. The summed E-state index contributed by atoms with van der Waals surface area (Å²) in [6.07, 6.45) is 5.03. The minimum Gasteiger partial charge on any atom is -0.374 e. The van der Waals surface area contributed by atoms with E-state index in [4.69, 9.17) is 10.5 Å². The number of hydrogen-bond acceptors (Lipinski definition) is 3. The van der Waals surface area contributed by atoms with E-state index in [1.54, 1.807) is 0 Å². The van der Waals surface area contributed by atoms with Crippen molar-refractivity contribution < 1.29 is 4.74 Å². The Morgan fingerprint density at radius 1 is 1.53 bits per heavy atom. The molecule has 2 unspecified atom stereocenters. The lowest BCUT2D eigenvalue weighted by molar-refractivity contribution is 0.0140. The van der Waals surface area contributed by atoms with Crippen LogP contribution in [0.25, 0.3) is 0 Å². The number of nitrogens with one attached hydrogen (secondary N) is 1. The summed E-state index contributed by atoms with van der Waals surface area (Å²) < 4.78 is 5.78. The molecule has 0 radical (unpaired) electrons. The molecule has 1 aliphatic heterocycles. The van der Waals surface area contributed by atoms with E-state index >= 15 is 0 Å². The molecule has 0 aromatic heterocycles. The zero-order valence-electron chi connectivity index (χ0n) is 10.0. The predicted molar refractivity (Wildman–Crippen MR) is 61.8 cm³/mol. The van der Waals surface area contributed by atoms with E-state index in [9.17, 15) is 0 Å². The summed E-state index contributed by atoms with van der Waals surface area (Å²) in [6.45, 7) is 7.05. The van der Waals surface area contributed by atoms with Crippen LogP contribution in [-0.2, 0) is 4.74 Å². The van der Waals surface area contributed by atoms with Gasteiger partial charge in [0.15, 0.2) is 0 Å². The van der Waals surface area contributed by atoms with Gasteiger partial charge in [-0.05, 0) is 45.4 Å². The summed E-state index contributed by atoms with van der Waals surface area (Å²) in [7, 11) is 0. The van der Waals surface area contributed by atoms with E-state index in [0.717, 1.165) is 25.6 Å². The Morgan fingerprint density at radius 2 is 2.27 bits per heavy atom. The smallest absolute Gasteiger partial charge is 0.0779 e. The SMILES string of the molecule is CC1(CNC(C)(CN)C2CC2)CCCO1. The van der Waals surface area contributed by atoms with Crippen LogP contribution in [0, 0.1) is 5.92 Å². The van der Waals surface area contributed by atoms with Gasteiger partial charge in [-0.15, -0.1) is 0 Å². The van der Waals surface area contributed by atoms with Crippen molar-refractivity contribution in [1.29, 1.82) is 0 Å². The standard InChI is InChI=1S/C12H24N2O/c1-11(6-3-7-15-11)9-14-12(2,8-13)10-4-5-10/h10,14H,3-9,13H2,1-2H3. The molecular formula is C12H24N2O. The fourth-order valence-corrected chi connectivity index (χ4v) is 2.47. The van der Waals surface area contributed by atoms with E-state index in [-0.39, 0.29) is 11.1 Å². The maximum atomic E-state index is 5.87. The number of rotatable bonds is 5. The Kier molecular flexibility index (Phi) is 3.06. The van der Waals surface area contributed by atoms with Gasteiger partial charge in [0.05, 0.1) is 5.60 Å². The van der Waals surface area contributed by atoms with Crippen LogP contribution in [0.3, 0.4) is 0 Å². The second-order valence-electron chi connectivity index (χ2n) is 5.65. The van der Waals surface area contributed by atoms with Crippen LogP contribution in [0.4, 0.5) is 0 Å². The Morgan fingerprint density at radius 3 is 2.73 bits per heavy atom. The molecule has 3 heteroatoms. The zero-order chi connectivity index (χ0) is 10.9. The highest BCUT2D eigenvalue weighted by molar-refractivity contribution is 5.00. The van der Waals surface area contributed by atoms with Crippen molar-refractivity contribution in [3.8, 4) is 0 Å². The molecule has 1 saturated heterocycles. The van der Waals surface area contributed by atoms with E-state index in [2.05, 4.69) is 19.2 Å². The average Bonchev–Trinajstić information content (AvgIpc) is 3.00. The fraction of sp³-hybridized carbons (Fsp3) is 1.00. The molecule has 1 saturated carbocycles. The molecule has 0 aromatic carbocycles. The molecule has 2 rings (SSSR count). The maximum Gasteiger partial charge on any atom is 0.0779 e. The Hall–Kier alpha value is -0.120. The van der Waals surface area contributed by atoms with Gasteiger partial charge >= 0.3 is 0 Å². The van der Waals surface area contributed by atoms with Gasteiger partial charge in [0.1, 0.15) is 0 Å². The molecule has 15 heavy (non-hydrogen) atoms. The van der Waals surface area contributed by atoms with Crippen molar-refractivity contribution >= 4 is 0 Å². The molecule has 88 valence electrons. The third kappa shape index (κ3) is 2.52. The highest BCUT2D eigenvalue weighted by Crippen LogP contribution is 2.39. The molecule has 0 aromatic rings. The monoisotopic (exact) mass is 212 g/mol. The Bertz CT molecular complexity index is 222. The first kappa shape index (κ1) is 11.4. The largest absolute Gasteiger partial charge is 0.374 e. The minimum absolute atomic E-state index is 0.0469. The summed E-state index contributed by atoms with van der Waals surface area (Å²) >= 11 is 0. The topological polar surface area (TPSA) is 47.3 Å². The van der Waals surface area contributed by atoms with Crippen LogP contribution in [0.5, 0.6) is 0 Å². The molecule has 0 bridgehead atoms. The lowest BCUT2D eigenvalue weighted by atomic mass is 9.93. The lowest BCUT2D eigenvalue weighted by Crippen LogP contribution is -2.55. The molecule has 3 N–H and O–H groups in total. The summed E-state index contributed by atoms with van der Waals surface area (Å²) in [5, 5.41) is 3.64. The summed E-state index contributed by atoms with van der Waals surface area (Å²) in [5.41, 5.74) is 6.05. The van der Waals surface area contributed by atoms with Crippen LogP contribution in [0.2, 0.25) is 0 Å². The number of hydrogen-bond donors (Lipinski definition) is 2. The second kappa shape index (κ2) is 4.04. The normalized spacial score (nSPS) is 35.4. The molecule has 2 atom stereocenters. The average molecular weight is 212 g/mol. The highest BCUT2D eigenvalue weighted by atomic mass is 16.5. The minimum atomic E-state index is 0.0469. The van der Waals surface area contributed by atoms with Crippen LogP contribution in [0.15, 0.2) is 0 Å². The Balaban J connectivity index is 1.85. The van der Waals surface area contributed by atoms with Gasteiger partial charge in [-0.2, -0.15) is 0 Å². The maximum absolute atomic E-state index is 5.87. The van der Waals surface area contributed by atoms with E-state index < -0.39 is 0 Å². The summed E-state index contributed by atoms with van der Waals surface area (Å²) in [4.78, 5) is 0. The first-order valence-corrected chi connectivity index (χ1v) is 6.17. The first-order valence-electron chi connectivity index (χ1n) is 6.17. The second-order valence-corrected chi connectivity index (χ2v) is 5.65. The van der Waals surface area contributed by atoms with E-state index in [1.165, 1.54) is 25.7 Å². The lowest BCUT2D eigenvalue weighted by Gasteiger charge is -2.34. The van der Waals surface area contributed by atoms with Crippen molar-refractivity contribution in [2.24, 2.45) is 11.7 Å². The molecule has 2 aliphatic rings. The van der Waals surface area contributed by atoms with E-state index in [0.29, 0.717) is 0 Å². The third-order valence-corrected chi connectivity index (χ3v) is 4.07. The fourth-order valence-electron chi connectivity index (χ4n) is 2.47. The van der Waals surface area contributed by atoms with Crippen LogP contribution >= 0.6 is 0 Å². The third-order valence-electron chi connectivity index (χ3n) is 4.07. The highest BCUT2D eigenvalue weighted by Gasteiger charge is 2.42. The van der Waals surface area contributed by atoms with Gasteiger partial charge in [-0.3, -0.25) is 0 Å². The van der Waals surface area contributed by atoms with E-state index in [1.807, 2.05) is 0 Å². The molecule has 0 amide bonds. The van der Waals surface area contributed by atoms with Gasteiger partial charge in [0, 0.05) is 25.2 Å². The summed E-state index contributed by atoms with van der Waals surface area (Å²) in [5.74, 6) is 0.785. The van der Waals surface area contributed by atoms with Crippen molar-refractivity contribution in [3.05, 3.63) is 0 Å². The van der Waals surface area contributed by atoms with Crippen molar-refractivity contribution in [2.75, 3.05) is 19.7 Å². The van der Waals surface area contributed by atoms with Gasteiger partial charge in [0.25, 0.3) is 0 Å². The molecule has 2 fully saturated rings. The van der Waals surface area contributed by atoms with Crippen molar-refractivity contribution in [2.45, 2.75) is 50.7 Å². The van der Waals surface area contributed by atoms with Gasteiger partial charge in [-0.1, -0.05) is 0 Å². The summed E-state index contributed by atoms with van der Waals surface area (Å²) in [6, 6.07) is 0. The zero-order valence-corrected chi connectivity index (χ0v) is 10.0. The predicted octanol–water partition coefficient (Wildman–Crippen LogP) is 1.27. The first-order chi connectivity index (χ1) is 7.08.